The molecule has 1 saturated heterocycles. The number of allylic oxidation sites excluding steroid dienone is 5. The summed E-state index contributed by atoms with van der Waals surface area (Å²) in [6, 6.07) is 0. The molecule has 0 aromatic rings. The topological polar surface area (TPSA) is 27.3 Å². The van der Waals surface area contributed by atoms with E-state index in [4.69, 9.17) is 0 Å². The van der Waals surface area contributed by atoms with Gasteiger partial charge < -0.3 is 15.5 Å². The van der Waals surface area contributed by atoms with Gasteiger partial charge in [-0.2, -0.15) is 0 Å². The van der Waals surface area contributed by atoms with Crippen LogP contribution in [0, 0.1) is 17.8 Å². The highest BCUT2D eigenvalue weighted by atomic mass is 15.2. The molecule has 0 bridgehead atoms. The van der Waals surface area contributed by atoms with Crippen LogP contribution in [0.3, 0.4) is 0 Å². The lowest BCUT2D eigenvalue weighted by Gasteiger charge is -2.45. The maximum atomic E-state index is 4.60. The molecule has 2 N–H and O–H groups in total. The van der Waals surface area contributed by atoms with E-state index in [1.807, 2.05) is 0 Å². The van der Waals surface area contributed by atoms with Gasteiger partial charge in [-0.05, 0) is 63.3 Å². The highest BCUT2D eigenvalue weighted by molar-refractivity contribution is 5.41. The maximum absolute atomic E-state index is 4.60. The van der Waals surface area contributed by atoms with E-state index in [0.717, 1.165) is 37.8 Å². The molecule has 3 fully saturated rings. The zero-order chi connectivity index (χ0) is 18.3. The smallest absolute Gasteiger partial charge is 0.0770 e. The average Bonchev–Trinajstić information content (AvgIpc) is 3.14. The average molecular weight is 352 g/mol. The summed E-state index contributed by atoms with van der Waals surface area (Å²) in [6.45, 7) is 15.7. The van der Waals surface area contributed by atoms with Crippen LogP contribution in [0.4, 0.5) is 0 Å². The van der Waals surface area contributed by atoms with Gasteiger partial charge in [0.15, 0.2) is 0 Å². The summed E-state index contributed by atoms with van der Waals surface area (Å²) in [5.41, 5.74) is 4.92. The molecule has 0 spiro atoms. The second kappa shape index (κ2) is 6.77. The second-order valence-electron chi connectivity index (χ2n) is 8.49. The van der Waals surface area contributed by atoms with Crippen molar-refractivity contribution in [1.82, 2.24) is 15.5 Å². The third kappa shape index (κ3) is 2.87. The van der Waals surface area contributed by atoms with E-state index in [-0.39, 0.29) is 5.54 Å². The van der Waals surface area contributed by atoms with Gasteiger partial charge in [-0.1, -0.05) is 44.6 Å². The number of hydrogen-bond acceptors (Lipinski definition) is 3. The van der Waals surface area contributed by atoms with E-state index >= 15 is 0 Å². The summed E-state index contributed by atoms with van der Waals surface area (Å²) in [7, 11) is 0. The molecule has 26 heavy (non-hydrogen) atoms. The van der Waals surface area contributed by atoms with Crippen LogP contribution in [0.15, 0.2) is 60.3 Å². The van der Waals surface area contributed by atoms with Crippen LogP contribution in [0.5, 0.6) is 0 Å². The molecule has 3 heteroatoms. The van der Waals surface area contributed by atoms with Gasteiger partial charge >= 0.3 is 0 Å². The van der Waals surface area contributed by atoms with Crippen molar-refractivity contribution < 1.29 is 0 Å². The SMILES string of the molecule is C=C(NC1(C(=C)N2C=CC=C(C)/C2=C/C)CCCCC1)C1C2CNCC21. The van der Waals surface area contributed by atoms with Crippen LogP contribution in [-0.4, -0.2) is 23.5 Å². The summed E-state index contributed by atoms with van der Waals surface area (Å²) >= 11 is 0. The Bertz CT molecular complexity index is 680. The number of fused-ring (bicyclic) bond motifs is 1. The fraction of sp³-hybridized carbons (Fsp3) is 0.565. The maximum Gasteiger partial charge on any atom is 0.0770 e. The first-order valence-corrected chi connectivity index (χ1v) is 10.3. The van der Waals surface area contributed by atoms with Crippen LogP contribution in [0.1, 0.15) is 46.0 Å². The summed E-state index contributed by atoms with van der Waals surface area (Å²) in [4.78, 5) is 2.30. The normalized spacial score (nSPS) is 33.6. The predicted molar refractivity (Wildman–Crippen MR) is 109 cm³/mol. The van der Waals surface area contributed by atoms with E-state index in [0.29, 0.717) is 5.92 Å². The van der Waals surface area contributed by atoms with Crippen molar-refractivity contribution in [3.05, 3.63) is 60.3 Å². The van der Waals surface area contributed by atoms with Gasteiger partial charge in [-0.15, -0.1) is 0 Å². The Morgan fingerprint density at radius 3 is 2.58 bits per heavy atom. The molecule has 0 radical (unpaired) electrons. The van der Waals surface area contributed by atoms with Gasteiger partial charge in [0, 0.05) is 29.2 Å². The van der Waals surface area contributed by atoms with Crippen LogP contribution in [0.25, 0.3) is 0 Å². The quantitative estimate of drug-likeness (QED) is 0.766. The summed E-state index contributed by atoms with van der Waals surface area (Å²) in [5, 5.41) is 7.43. The first kappa shape index (κ1) is 17.7. The minimum atomic E-state index is -0.0597. The lowest BCUT2D eigenvalue weighted by atomic mass is 9.78. The number of rotatable bonds is 5. The minimum Gasteiger partial charge on any atom is -0.378 e. The molecule has 2 heterocycles. The third-order valence-corrected chi connectivity index (χ3v) is 6.96. The number of piperidine rings is 1. The molecule has 0 aromatic heterocycles. The summed E-state index contributed by atoms with van der Waals surface area (Å²) in [5.74, 6) is 2.26. The van der Waals surface area contributed by atoms with Gasteiger partial charge in [-0.3, -0.25) is 0 Å². The highest BCUT2D eigenvalue weighted by Crippen LogP contribution is 2.53. The Kier molecular flexibility index (Phi) is 4.60. The standard InChI is InChI=1S/C23H33N3/c1-5-21-16(2)10-9-13-26(21)18(4)23(11-7-6-8-12-23)25-17(3)22-19-14-24-15-20(19)22/h5,9-10,13,19-20,22,24-25H,3-4,6-8,11-12,14-15H2,1-2H3/b21-5-. The van der Waals surface area contributed by atoms with E-state index in [9.17, 15) is 0 Å². The molecular weight excluding hydrogens is 318 g/mol. The van der Waals surface area contributed by atoms with E-state index in [2.05, 4.69) is 67.0 Å². The fourth-order valence-electron chi connectivity index (χ4n) is 5.43. The van der Waals surface area contributed by atoms with Crippen molar-refractivity contribution in [1.29, 1.82) is 0 Å². The van der Waals surface area contributed by atoms with Crippen molar-refractivity contribution in [2.45, 2.75) is 51.5 Å². The largest absolute Gasteiger partial charge is 0.378 e. The van der Waals surface area contributed by atoms with Gasteiger partial charge in [0.25, 0.3) is 0 Å². The third-order valence-electron chi connectivity index (χ3n) is 6.96. The van der Waals surface area contributed by atoms with Crippen molar-refractivity contribution >= 4 is 0 Å². The molecule has 2 atom stereocenters. The second-order valence-corrected chi connectivity index (χ2v) is 8.49. The van der Waals surface area contributed by atoms with Gasteiger partial charge in [0.1, 0.15) is 0 Å². The van der Waals surface area contributed by atoms with E-state index in [1.54, 1.807) is 0 Å². The molecular formula is C23H33N3. The van der Waals surface area contributed by atoms with Crippen molar-refractivity contribution in [2.24, 2.45) is 17.8 Å². The Balaban J connectivity index is 1.56. The van der Waals surface area contributed by atoms with Crippen molar-refractivity contribution in [3.8, 4) is 0 Å². The Morgan fingerprint density at radius 2 is 1.92 bits per heavy atom. The molecule has 3 nitrogen and oxygen atoms in total. The first-order valence-electron chi connectivity index (χ1n) is 10.3. The van der Waals surface area contributed by atoms with Crippen molar-refractivity contribution in [3.63, 3.8) is 0 Å². The molecule has 2 aliphatic carbocycles. The predicted octanol–water partition coefficient (Wildman–Crippen LogP) is 4.45. The number of nitrogens with zero attached hydrogens (tertiary/aromatic N) is 1. The first-order chi connectivity index (χ1) is 12.6. The fourth-order valence-corrected chi connectivity index (χ4v) is 5.43. The molecule has 4 aliphatic rings. The van der Waals surface area contributed by atoms with Crippen molar-refractivity contribution in [2.75, 3.05) is 13.1 Å². The van der Waals surface area contributed by atoms with Gasteiger partial charge in [0.05, 0.1) is 5.54 Å². The molecule has 4 rings (SSSR count). The zero-order valence-corrected chi connectivity index (χ0v) is 16.4. The van der Waals surface area contributed by atoms with Crippen LogP contribution >= 0.6 is 0 Å². The van der Waals surface area contributed by atoms with Crippen LogP contribution in [0.2, 0.25) is 0 Å². The van der Waals surface area contributed by atoms with E-state index < -0.39 is 0 Å². The van der Waals surface area contributed by atoms with Crippen LogP contribution < -0.4 is 10.6 Å². The molecule has 140 valence electrons. The molecule has 2 aliphatic heterocycles. The van der Waals surface area contributed by atoms with Crippen LogP contribution in [-0.2, 0) is 0 Å². The zero-order valence-electron chi connectivity index (χ0n) is 16.4. The number of nitrogens with one attached hydrogen (secondary N) is 2. The number of hydrogen-bond donors (Lipinski definition) is 2. The Morgan fingerprint density at radius 1 is 1.23 bits per heavy atom. The Hall–Kier alpha value is -1.74. The Labute approximate surface area is 158 Å². The lowest BCUT2D eigenvalue weighted by Crippen LogP contribution is -2.51. The minimum absolute atomic E-state index is 0.0597. The lowest BCUT2D eigenvalue weighted by molar-refractivity contribution is 0.251. The molecule has 2 unspecified atom stereocenters. The van der Waals surface area contributed by atoms with E-state index in [1.165, 1.54) is 41.9 Å². The molecule has 0 amide bonds. The molecule has 0 aromatic carbocycles. The summed E-state index contributed by atoms with van der Waals surface area (Å²) in [6.07, 6.45) is 14.8. The molecule has 2 saturated carbocycles. The monoisotopic (exact) mass is 351 g/mol. The highest BCUT2D eigenvalue weighted by Gasteiger charge is 2.55. The van der Waals surface area contributed by atoms with Gasteiger partial charge in [-0.25, -0.2) is 0 Å². The van der Waals surface area contributed by atoms with Gasteiger partial charge in [0.2, 0.25) is 0 Å². The summed E-state index contributed by atoms with van der Waals surface area (Å²) < 4.78 is 0.